The van der Waals surface area contributed by atoms with Crippen LogP contribution in [-0.4, -0.2) is 33.2 Å². The first-order valence-electron chi connectivity index (χ1n) is 6.80. The largest absolute Gasteiger partial charge is 0.454 e. The Morgan fingerprint density at radius 1 is 1.38 bits per heavy atom. The van der Waals surface area contributed by atoms with Gasteiger partial charge in [0, 0.05) is 13.6 Å². The summed E-state index contributed by atoms with van der Waals surface area (Å²) in [6.45, 7) is 2.63. The molecule has 0 saturated carbocycles. The Labute approximate surface area is 122 Å². The highest BCUT2D eigenvalue weighted by molar-refractivity contribution is 5.45. The van der Waals surface area contributed by atoms with Crippen LogP contribution in [0.1, 0.15) is 30.5 Å². The van der Waals surface area contributed by atoms with E-state index in [1.54, 1.807) is 6.33 Å². The van der Waals surface area contributed by atoms with Gasteiger partial charge in [-0.1, -0.05) is 6.07 Å². The van der Waals surface area contributed by atoms with Crippen LogP contribution in [0.4, 0.5) is 0 Å². The molecule has 2 aromatic rings. The van der Waals surface area contributed by atoms with Gasteiger partial charge in [0.05, 0.1) is 12.1 Å². The molecule has 2 unspecified atom stereocenters. The standard InChI is InChI=1S/C14H18N4O3/c1-9(14-17-16-7-18(14)2)15-6-11(19)10-3-4-12-13(5-10)21-8-20-12/h3-5,7,9,11,15,19H,6,8H2,1-2H3. The Morgan fingerprint density at radius 3 is 2.95 bits per heavy atom. The fourth-order valence-corrected chi connectivity index (χ4v) is 2.30. The highest BCUT2D eigenvalue weighted by Gasteiger charge is 2.18. The molecule has 0 amide bonds. The van der Waals surface area contributed by atoms with Crippen LogP contribution in [-0.2, 0) is 7.05 Å². The molecule has 0 spiro atoms. The van der Waals surface area contributed by atoms with E-state index in [4.69, 9.17) is 9.47 Å². The summed E-state index contributed by atoms with van der Waals surface area (Å²) < 4.78 is 12.4. The average molecular weight is 290 g/mol. The van der Waals surface area contributed by atoms with E-state index in [2.05, 4.69) is 15.5 Å². The van der Waals surface area contributed by atoms with Gasteiger partial charge >= 0.3 is 0 Å². The molecule has 1 aliphatic heterocycles. The molecule has 0 saturated heterocycles. The Bertz CT molecular complexity index is 628. The van der Waals surface area contributed by atoms with Gasteiger partial charge in [-0.15, -0.1) is 10.2 Å². The number of aliphatic hydroxyl groups is 1. The van der Waals surface area contributed by atoms with Crippen molar-refractivity contribution in [1.82, 2.24) is 20.1 Å². The van der Waals surface area contributed by atoms with E-state index in [1.165, 1.54) is 0 Å². The number of nitrogens with zero attached hydrogens (tertiary/aromatic N) is 3. The molecule has 2 heterocycles. The lowest BCUT2D eigenvalue weighted by molar-refractivity contribution is 0.167. The number of rotatable bonds is 5. The minimum absolute atomic E-state index is 0.00107. The number of ether oxygens (including phenoxy) is 2. The Kier molecular flexibility index (Phi) is 3.76. The van der Waals surface area contributed by atoms with Crippen molar-refractivity contribution in [2.75, 3.05) is 13.3 Å². The number of fused-ring (bicyclic) bond motifs is 1. The molecule has 7 heteroatoms. The molecule has 1 aromatic carbocycles. The summed E-state index contributed by atoms with van der Waals surface area (Å²) in [5.41, 5.74) is 0.789. The maximum Gasteiger partial charge on any atom is 0.231 e. The maximum atomic E-state index is 10.3. The van der Waals surface area contributed by atoms with Gasteiger partial charge in [-0.2, -0.15) is 0 Å². The summed E-state index contributed by atoms with van der Waals surface area (Å²) in [6, 6.07) is 5.46. The third-order valence-corrected chi connectivity index (χ3v) is 3.53. The minimum atomic E-state index is -0.629. The SMILES string of the molecule is CC(NCC(O)c1ccc2c(c1)OCO2)c1nncn1C. The third-order valence-electron chi connectivity index (χ3n) is 3.53. The number of hydrogen-bond acceptors (Lipinski definition) is 6. The molecule has 2 N–H and O–H groups in total. The molecule has 0 fully saturated rings. The lowest BCUT2D eigenvalue weighted by atomic mass is 10.1. The van der Waals surface area contributed by atoms with Gasteiger partial charge < -0.3 is 24.5 Å². The van der Waals surface area contributed by atoms with Gasteiger partial charge in [-0.25, -0.2) is 0 Å². The lowest BCUT2D eigenvalue weighted by Crippen LogP contribution is -2.26. The van der Waals surface area contributed by atoms with Gasteiger partial charge in [-0.05, 0) is 24.6 Å². The van der Waals surface area contributed by atoms with E-state index in [-0.39, 0.29) is 12.8 Å². The van der Waals surface area contributed by atoms with Crippen molar-refractivity contribution in [2.24, 2.45) is 7.05 Å². The third kappa shape index (κ3) is 2.84. The normalized spacial score (nSPS) is 16.0. The van der Waals surface area contributed by atoms with Gasteiger partial charge in [0.15, 0.2) is 11.5 Å². The van der Waals surface area contributed by atoms with E-state index in [1.807, 2.05) is 36.7 Å². The fourth-order valence-electron chi connectivity index (χ4n) is 2.30. The van der Waals surface area contributed by atoms with Crippen LogP contribution in [0.25, 0.3) is 0 Å². The number of nitrogens with one attached hydrogen (secondary N) is 1. The van der Waals surface area contributed by atoms with Crippen molar-refractivity contribution in [3.05, 3.63) is 35.9 Å². The molecule has 0 bridgehead atoms. The topological polar surface area (TPSA) is 81.4 Å². The Morgan fingerprint density at radius 2 is 2.19 bits per heavy atom. The van der Waals surface area contributed by atoms with Crippen molar-refractivity contribution >= 4 is 0 Å². The van der Waals surface area contributed by atoms with Gasteiger partial charge in [0.1, 0.15) is 12.2 Å². The summed E-state index contributed by atoms with van der Waals surface area (Å²) in [5.74, 6) is 2.21. The summed E-state index contributed by atoms with van der Waals surface area (Å²) in [4.78, 5) is 0. The molecule has 7 nitrogen and oxygen atoms in total. The number of hydrogen-bond donors (Lipinski definition) is 2. The number of aryl methyl sites for hydroxylation is 1. The van der Waals surface area contributed by atoms with Crippen LogP contribution in [0, 0.1) is 0 Å². The monoisotopic (exact) mass is 290 g/mol. The van der Waals surface area contributed by atoms with E-state index < -0.39 is 6.10 Å². The van der Waals surface area contributed by atoms with Crippen molar-refractivity contribution in [3.63, 3.8) is 0 Å². The minimum Gasteiger partial charge on any atom is -0.454 e. The number of benzene rings is 1. The molecule has 1 aromatic heterocycles. The van der Waals surface area contributed by atoms with Gasteiger partial charge in [0.25, 0.3) is 0 Å². The smallest absolute Gasteiger partial charge is 0.231 e. The van der Waals surface area contributed by atoms with E-state index in [9.17, 15) is 5.11 Å². The summed E-state index contributed by atoms with van der Waals surface area (Å²) in [7, 11) is 1.89. The molecule has 3 rings (SSSR count). The first kappa shape index (κ1) is 13.8. The van der Waals surface area contributed by atoms with Crippen LogP contribution < -0.4 is 14.8 Å². The van der Waals surface area contributed by atoms with E-state index in [0.717, 1.165) is 11.4 Å². The van der Waals surface area contributed by atoms with E-state index in [0.29, 0.717) is 18.0 Å². The van der Waals surface area contributed by atoms with Crippen molar-refractivity contribution in [1.29, 1.82) is 0 Å². The molecule has 2 atom stereocenters. The molecule has 21 heavy (non-hydrogen) atoms. The van der Waals surface area contributed by atoms with Gasteiger partial charge in [-0.3, -0.25) is 0 Å². The van der Waals surface area contributed by atoms with Crippen LogP contribution in [0.2, 0.25) is 0 Å². The quantitative estimate of drug-likeness (QED) is 0.852. The highest BCUT2D eigenvalue weighted by Crippen LogP contribution is 2.34. The fraction of sp³-hybridized carbons (Fsp3) is 0.429. The Hall–Kier alpha value is -2.12. The first-order valence-corrected chi connectivity index (χ1v) is 6.80. The predicted molar refractivity (Wildman–Crippen MR) is 74.9 cm³/mol. The Balaban J connectivity index is 1.61. The lowest BCUT2D eigenvalue weighted by Gasteiger charge is -2.17. The molecule has 112 valence electrons. The zero-order valence-electron chi connectivity index (χ0n) is 12.0. The second-order valence-electron chi connectivity index (χ2n) is 5.06. The first-order chi connectivity index (χ1) is 10.1. The highest BCUT2D eigenvalue weighted by atomic mass is 16.7. The van der Waals surface area contributed by atoms with Crippen molar-refractivity contribution in [2.45, 2.75) is 19.1 Å². The number of aromatic nitrogens is 3. The molecule has 0 radical (unpaired) electrons. The second-order valence-corrected chi connectivity index (χ2v) is 5.06. The average Bonchev–Trinajstić information content (AvgIpc) is 3.11. The summed E-state index contributed by atoms with van der Waals surface area (Å²) in [6.07, 6.45) is 1.03. The zero-order valence-corrected chi connectivity index (χ0v) is 12.0. The summed E-state index contributed by atoms with van der Waals surface area (Å²) >= 11 is 0. The molecular formula is C14H18N4O3. The predicted octanol–water partition coefficient (Wildman–Crippen LogP) is 0.928. The maximum absolute atomic E-state index is 10.3. The van der Waals surface area contributed by atoms with Crippen molar-refractivity contribution in [3.8, 4) is 11.5 Å². The van der Waals surface area contributed by atoms with Crippen LogP contribution in [0.15, 0.2) is 24.5 Å². The molecule has 0 aliphatic carbocycles. The molecular weight excluding hydrogens is 272 g/mol. The molecule has 1 aliphatic rings. The zero-order chi connectivity index (χ0) is 14.8. The van der Waals surface area contributed by atoms with Gasteiger partial charge in [0.2, 0.25) is 6.79 Å². The van der Waals surface area contributed by atoms with E-state index >= 15 is 0 Å². The van der Waals surface area contributed by atoms with Crippen LogP contribution >= 0.6 is 0 Å². The summed E-state index contributed by atoms with van der Waals surface area (Å²) in [5, 5.41) is 21.4. The van der Waals surface area contributed by atoms with Crippen molar-refractivity contribution < 1.29 is 14.6 Å². The number of aliphatic hydroxyl groups excluding tert-OH is 1. The van der Waals surface area contributed by atoms with Crippen LogP contribution in [0.5, 0.6) is 11.5 Å². The second kappa shape index (κ2) is 5.71. The van der Waals surface area contributed by atoms with Crippen LogP contribution in [0.3, 0.4) is 0 Å².